The molecule has 0 aliphatic heterocycles. The fourth-order valence-corrected chi connectivity index (χ4v) is 2.62. The van der Waals surface area contributed by atoms with Crippen LogP contribution in [0.5, 0.6) is 0 Å². The zero-order valence-electron chi connectivity index (χ0n) is 13.7. The standard InChI is InChI=1S/C20H17F3N2/c1-25-13-11-18-16(5-2-6-19(18)25)14-24-12-3-4-15-7-9-17(10-8-15)20(21,22)23/h2-11,13-14H,12H2,1H3/b4-3+,24-14?. The molecule has 1 heterocycles. The Morgan fingerprint density at radius 2 is 1.80 bits per heavy atom. The molecule has 0 atom stereocenters. The van der Waals surface area contributed by atoms with E-state index in [-0.39, 0.29) is 0 Å². The van der Waals surface area contributed by atoms with E-state index in [0.29, 0.717) is 12.1 Å². The van der Waals surface area contributed by atoms with E-state index in [2.05, 4.69) is 21.7 Å². The Balaban J connectivity index is 1.64. The molecular formula is C20H17F3N2. The number of rotatable bonds is 4. The van der Waals surface area contributed by atoms with Crippen molar-refractivity contribution in [3.8, 4) is 0 Å². The van der Waals surface area contributed by atoms with Crippen LogP contribution in [0, 0.1) is 0 Å². The van der Waals surface area contributed by atoms with E-state index >= 15 is 0 Å². The SMILES string of the molecule is Cn1ccc2c(C=NC/C=C/c3ccc(C(F)(F)F)cc3)cccc21. The second-order valence-electron chi connectivity index (χ2n) is 5.72. The lowest BCUT2D eigenvalue weighted by Gasteiger charge is -2.05. The van der Waals surface area contributed by atoms with Crippen molar-refractivity contribution in [3.63, 3.8) is 0 Å². The van der Waals surface area contributed by atoms with Gasteiger partial charge in [-0.1, -0.05) is 36.4 Å². The highest BCUT2D eigenvalue weighted by Crippen LogP contribution is 2.29. The Kier molecular flexibility index (Phi) is 4.74. The molecule has 0 amide bonds. The maximum absolute atomic E-state index is 12.5. The highest BCUT2D eigenvalue weighted by Gasteiger charge is 2.29. The van der Waals surface area contributed by atoms with E-state index in [1.807, 2.05) is 37.7 Å². The van der Waals surface area contributed by atoms with Crippen molar-refractivity contribution in [3.05, 3.63) is 77.5 Å². The first kappa shape index (κ1) is 17.0. The highest BCUT2D eigenvalue weighted by molar-refractivity contribution is 5.98. The van der Waals surface area contributed by atoms with Crippen LogP contribution in [-0.2, 0) is 13.2 Å². The van der Waals surface area contributed by atoms with Crippen LogP contribution in [0.15, 0.2) is 65.8 Å². The van der Waals surface area contributed by atoms with Crippen molar-refractivity contribution in [2.24, 2.45) is 12.0 Å². The Labute approximate surface area is 143 Å². The van der Waals surface area contributed by atoms with E-state index in [9.17, 15) is 13.2 Å². The van der Waals surface area contributed by atoms with Crippen LogP contribution in [-0.4, -0.2) is 17.3 Å². The van der Waals surface area contributed by atoms with Crippen LogP contribution < -0.4 is 0 Å². The van der Waals surface area contributed by atoms with Crippen LogP contribution in [0.2, 0.25) is 0 Å². The van der Waals surface area contributed by atoms with Crippen LogP contribution in [0.25, 0.3) is 17.0 Å². The van der Waals surface area contributed by atoms with Crippen LogP contribution in [0.3, 0.4) is 0 Å². The van der Waals surface area contributed by atoms with Crippen molar-refractivity contribution in [2.45, 2.75) is 6.18 Å². The van der Waals surface area contributed by atoms with Gasteiger partial charge in [0.25, 0.3) is 0 Å². The van der Waals surface area contributed by atoms with Crippen molar-refractivity contribution in [1.82, 2.24) is 4.57 Å². The molecule has 0 aliphatic carbocycles. The number of alkyl halides is 3. The second-order valence-corrected chi connectivity index (χ2v) is 5.72. The summed E-state index contributed by atoms with van der Waals surface area (Å²) in [7, 11) is 2.00. The molecule has 0 saturated carbocycles. The molecule has 0 fully saturated rings. The predicted octanol–water partition coefficient (Wildman–Crippen LogP) is 5.33. The molecule has 0 unspecified atom stereocenters. The first-order valence-corrected chi connectivity index (χ1v) is 7.83. The summed E-state index contributed by atoms with van der Waals surface area (Å²) in [5.41, 5.74) is 2.26. The summed E-state index contributed by atoms with van der Waals surface area (Å²) in [4.78, 5) is 4.37. The maximum Gasteiger partial charge on any atom is 0.416 e. The van der Waals surface area contributed by atoms with Crippen molar-refractivity contribution >= 4 is 23.2 Å². The third-order valence-corrected chi connectivity index (χ3v) is 3.95. The zero-order chi connectivity index (χ0) is 17.9. The summed E-state index contributed by atoms with van der Waals surface area (Å²) in [5.74, 6) is 0. The van der Waals surface area contributed by atoms with Gasteiger partial charge in [-0.25, -0.2) is 0 Å². The molecule has 2 aromatic carbocycles. The Morgan fingerprint density at radius 3 is 2.52 bits per heavy atom. The smallest absolute Gasteiger partial charge is 0.351 e. The third kappa shape index (κ3) is 3.99. The van der Waals surface area contributed by atoms with Gasteiger partial charge in [0.05, 0.1) is 12.1 Å². The lowest BCUT2D eigenvalue weighted by atomic mass is 10.1. The summed E-state index contributed by atoms with van der Waals surface area (Å²) >= 11 is 0. The number of aliphatic imine (C=N–C) groups is 1. The van der Waals surface area contributed by atoms with Gasteiger partial charge in [-0.15, -0.1) is 0 Å². The molecule has 25 heavy (non-hydrogen) atoms. The zero-order valence-corrected chi connectivity index (χ0v) is 13.7. The predicted molar refractivity (Wildman–Crippen MR) is 95.9 cm³/mol. The van der Waals surface area contributed by atoms with E-state index in [0.717, 1.165) is 28.6 Å². The van der Waals surface area contributed by atoms with E-state index in [1.165, 1.54) is 12.1 Å². The normalized spacial score (nSPS) is 12.6. The van der Waals surface area contributed by atoms with Gasteiger partial charge in [-0.2, -0.15) is 13.2 Å². The third-order valence-electron chi connectivity index (χ3n) is 3.95. The van der Waals surface area contributed by atoms with E-state index in [4.69, 9.17) is 0 Å². The minimum absolute atomic E-state index is 0.463. The Morgan fingerprint density at radius 1 is 1.04 bits per heavy atom. The average molecular weight is 342 g/mol. The van der Waals surface area contributed by atoms with Gasteiger partial charge in [-0.3, -0.25) is 4.99 Å². The molecule has 1 aromatic heterocycles. The van der Waals surface area contributed by atoms with Gasteiger partial charge < -0.3 is 4.57 Å². The minimum Gasteiger partial charge on any atom is -0.351 e. The number of hydrogen-bond acceptors (Lipinski definition) is 1. The largest absolute Gasteiger partial charge is 0.416 e. The van der Waals surface area contributed by atoms with Crippen LogP contribution in [0.4, 0.5) is 13.2 Å². The first-order chi connectivity index (χ1) is 11.9. The summed E-state index contributed by atoms with van der Waals surface area (Å²) in [6, 6.07) is 13.2. The quantitative estimate of drug-likeness (QED) is 0.570. The fourth-order valence-electron chi connectivity index (χ4n) is 2.62. The number of hydrogen-bond donors (Lipinski definition) is 0. The summed E-state index contributed by atoms with van der Waals surface area (Å²) in [6.45, 7) is 0.463. The molecule has 0 aliphatic rings. The molecule has 3 rings (SSSR count). The summed E-state index contributed by atoms with van der Waals surface area (Å²) in [5, 5.41) is 1.14. The van der Waals surface area contributed by atoms with Gasteiger partial charge in [0.15, 0.2) is 0 Å². The highest BCUT2D eigenvalue weighted by atomic mass is 19.4. The van der Waals surface area contributed by atoms with Gasteiger partial charge in [0.2, 0.25) is 0 Å². The van der Waals surface area contributed by atoms with E-state index < -0.39 is 11.7 Å². The Bertz CT molecular complexity index is 916. The monoisotopic (exact) mass is 342 g/mol. The molecule has 5 heteroatoms. The number of halogens is 3. The lowest BCUT2D eigenvalue weighted by Crippen LogP contribution is -2.03. The molecule has 0 saturated heterocycles. The van der Waals surface area contributed by atoms with Gasteiger partial charge in [0.1, 0.15) is 0 Å². The molecule has 0 bridgehead atoms. The molecular weight excluding hydrogens is 325 g/mol. The number of fused-ring (bicyclic) bond motifs is 1. The molecule has 2 nitrogen and oxygen atoms in total. The molecule has 128 valence electrons. The van der Waals surface area contributed by atoms with E-state index in [1.54, 1.807) is 6.08 Å². The summed E-state index contributed by atoms with van der Waals surface area (Å²) < 4.78 is 39.6. The lowest BCUT2D eigenvalue weighted by molar-refractivity contribution is -0.137. The van der Waals surface area contributed by atoms with Crippen molar-refractivity contribution in [1.29, 1.82) is 0 Å². The molecule has 0 radical (unpaired) electrons. The van der Waals surface area contributed by atoms with Crippen molar-refractivity contribution in [2.75, 3.05) is 6.54 Å². The number of aromatic nitrogens is 1. The number of aryl methyl sites for hydroxylation is 1. The fraction of sp³-hybridized carbons (Fsp3) is 0.150. The molecule has 0 spiro atoms. The summed E-state index contributed by atoms with van der Waals surface area (Å²) in [6.07, 6.45) is 3.11. The minimum atomic E-state index is -4.30. The topological polar surface area (TPSA) is 17.3 Å². The first-order valence-electron chi connectivity index (χ1n) is 7.83. The van der Waals surface area contributed by atoms with Gasteiger partial charge in [0, 0.05) is 35.9 Å². The van der Waals surface area contributed by atoms with Crippen molar-refractivity contribution < 1.29 is 13.2 Å². The maximum atomic E-state index is 12.5. The van der Waals surface area contributed by atoms with Crippen LogP contribution >= 0.6 is 0 Å². The number of benzene rings is 2. The van der Waals surface area contributed by atoms with Crippen LogP contribution in [0.1, 0.15) is 16.7 Å². The average Bonchev–Trinajstić information content (AvgIpc) is 2.96. The molecule has 3 aromatic rings. The van der Waals surface area contributed by atoms with Gasteiger partial charge in [-0.05, 0) is 29.8 Å². The second kappa shape index (κ2) is 6.97. The molecule has 0 N–H and O–H groups in total. The number of nitrogens with zero attached hydrogens (tertiary/aromatic N) is 2. The Hall–Kier alpha value is -2.82. The van der Waals surface area contributed by atoms with Gasteiger partial charge >= 0.3 is 6.18 Å².